The van der Waals surface area contributed by atoms with E-state index in [-0.39, 0.29) is 0 Å². The van der Waals surface area contributed by atoms with Gasteiger partial charge in [-0.2, -0.15) is 5.10 Å². The minimum atomic E-state index is -0.396. The molecule has 1 heterocycles. The summed E-state index contributed by atoms with van der Waals surface area (Å²) in [6, 6.07) is 14.0. The van der Waals surface area contributed by atoms with Crippen molar-refractivity contribution in [1.82, 2.24) is 9.78 Å². The highest BCUT2D eigenvalue weighted by atomic mass is 79.9. The van der Waals surface area contributed by atoms with Crippen LogP contribution < -0.4 is 10.6 Å². The molecule has 0 atom stereocenters. The lowest BCUT2D eigenvalue weighted by atomic mass is 10.2. The minimum Gasteiger partial charge on any atom is -0.462 e. The fraction of sp³-hybridized carbons (Fsp3) is 0.150. The summed E-state index contributed by atoms with van der Waals surface area (Å²) in [5.41, 5.74) is 2.68. The summed E-state index contributed by atoms with van der Waals surface area (Å²) in [7, 11) is 0. The minimum absolute atomic E-state index is 0.316. The fourth-order valence-electron chi connectivity index (χ4n) is 2.49. The van der Waals surface area contributed by atoms with E-state index in [1.54, 1.807) is 48.3 Å². The number of esters is 1. The van der Waals surface area contributed by atoms with Gasteiger partial charge in [0.1, 0.15) is 0 Å². The van der Waals surface area contributed by atoms with Crippen LogP contribution in [0.2, 0.25) is 0 Å². The average molecular weight is 443 g/mol. The topological polar surface area (TPSA) is 85.2 Å². The van der Waals surface area contributed by atoms with Gasteiger partial charge in [0, 0.05) is 16.4 Å². The van der Waals surface area contributed by atoms with E-state index in [1.807, 2.05) is 24.3 Å². The van der Waals surface area contributed by atoms with Crippen LogP contribution in [-0.2, 0) is 11.3 Å². The van der Waals surface area contributed by atoms with Crippen LogP contribution in [0.1, 0.15) is 22.8 Å². The number of hydrogen-bond acceptors (Lipinski definition) is 4. The van der Waals surface area contributed by atoms with Crippen LogP contribution in [0.5, 0.6) is 0 Å². The van der Waals surface area contributed by atoms with Gasteiger partial charge in [0.05, 0.1) is 30.6 Å². The van der Waals surface area contributed by atoms with E-state index in [2.05, 4.69) is 31.7 Å². The lowest BCUT2D eigenvalue weighted by Gasteiger charge is -2.07. The molecule has 3 aromatic rings. The molecule has 2 N–H and O–H groups in total. The van der Waals surface area contributed by atoms with Crippen LogP contribution in [0.4, 0.5) is 16.2 Å². The number of rotatable bonds is 6. The number of halogens is 1. The number of ether oxygens (including phenoxy) is 1. The molecular weight excluding hydrogens is 424 g/mol. The predicted molar refractivity (Wildman–Crippen MR) is 111 cm³/mol. The molecule has 0 spiro atoms. The van der Waals surface area contributed by atoms with Gasteiger partial charge in [0.15, 0.2) is 0 Å². The molecule has 7 nitrogen and oxygen atoms in total. The van der Waals surface area contributed by atoms with E-state index in [0.29, 0.717) is 30.1 Å². The lowest BCUT2D eigenvalue weighted by molar-refractivity contribution is 0.0526. The number of amides is 2. The molecule has 8 heteroatoms. The maximum Gasteiger partial charge on any atom is 0.338 e. The molecule has 0 saturated carbocycles. The molecule has 0 aliphatic carbocycles. The van der Waals surface area contributed by atoms with Gasteiger partial charge in [-0.15, -0.1) is 0 Å². The van der Waals surface area contributed by atoms with E-state index >= 15 is 0 Å². The first-order valence-electron chi connectivity index (χ1n) is 8.65. The zero-order valence-electron chi connectivity index (χ0n) is 15.2. The normalized spacial score (nSPS) is 10.4. The van der Waals surface area contributed by atoms with Crippen molar-refractivity contribution in [3.63, 3.8) is 0 Å². The lowest BCUT2D eigenvalue weighted by Crippen LogP contribution is -2.19. The number of nitrogens with one attached hydrogen (secondary N) is 2. The third-order valence-corrected chi connectivity index (χ3v) is 4.33. The largest absolute Gasteiger partial charge is 0.462 e. The van der Waals surface area contributed by atoms with E-state index < -0.39 is 12.0 Å². The monoisotopic (exact) mass is 442 g/mol. The number of aromatic nitrogens is 2. The molecule has 0 unspecified atom stereocenters. The summed E-state index contributed by atoms with van der Waals surface area (Å²) in [6.07, 6.45) is 3.34. The molecule has 0 bridgehead atoms. The van der Waals surface area contributed by atoms with E-state index in [4.69, 9.17) is 4.74 Å². The zero-order chi connectivity index (χ0) is 19.9. The Bertz CT molecular complexity index is 952. The van der Waals surface area contributed by atoms with Crippen LogP contribution in [0, 0.1) is 0 Å². The second-order valence-electron chi connectivity index (χ2n) is 5.93. The molecule has 0 saturated heterocycles. The SMILES string of the molecule is CCOC(=O)c1ccc(NC(=O)Nc2cnn(Cc3ccc(Br)cc3)c2)cc1. The molecule has 2 aromatic carbocycles. The number of hydrogen-bond donors (Lipinski definition) is 2. The highest BCUT2D eigenvalue weighted by Crippen LogP contribution is 2.14. The van der Waals surface area contributed by atoms with E-state index in [9.17, 15) is 9.59 Å². The maximum absolute atomic E-state index is 12.2. The molecule has 3 rings (SSSR count). The Morgan fingerprint density at radius 3 is 2.39 bits per heavy atom. The summed E-state index contributed by atoms with van der Waals surface area (Å²) in [5, 5.41) is 9.69. The highest BCUT2D eigenvalue weighted by Gasteiger charge is 2.08. The quantitative estimate of drug-likeness (QED) is 0.549. The first-order chi connectivity index (χ1) is 13.5. The first-order valence-corrected chi connectivity index (χ1v) is 9.45. The molecular formula is C20H19BrN4O3. The van der Waals surface area contributed by atoms with Crippen LogP contribution in [0.15, 0.2) is 65.4 Å². The third kappa shape index (κ3) is 5.43. The number of nitrogens with zero attached hydrogens (tertiary/aromatic N) is 2. The second-order valence-corrected chi connectivity index (χ2v) is 6.85. The standard InChI is InChI=1S/C20H19BrN4O3/c1-2-28-19(26)15-5-9-17(10-6-15)23-20(27)24-18-11-22-25(13-18)12-14-3-7-16(21)8-4-14/h3-11,13H,2,12H2,1H3,(H2,23,24,27). The van der Waals surface area contributed by atoms with Crippen molar-refractivity contribution in [2.75, 3.05) is 17.2 Å². The molecule has 0 aliphatic rings. The predicted octanol–water partition coefficient (Wildman–Crippen LogP) is 4.51. The summed E-state index contributed by atoms with van der Waals surface area (Å²) >= 11 is 3.41. The number of benzene rings is 2. The number of carbonyl (C=O) groups is 2. The average Bonchev–Trinajstić information content (AvgIpc) is 3.11. The van der Waals surface area contributed by atoms with Crippen molar-refractivity contribution in [3.05, 3.63) is 76.5 Å². The van der Waals surface area contributed by atoms with Crippen molar-refractivity contribution in [2.45, 2.75) is 13.5 Å². The Kier molecular flexibility index (Phi) is 6.44. The Balaban J connectivity index is 1.54. The van der Waals surface area contributed by atoms with Gasteiger partial charge < -0.3 is 15.4 Å². The fourth-order valence-corrected chi connectivity index (χ4v) is 2.75. The molecule has 0 fully saturated rings. The van der Waals surface area contributed by atoms with Crippen molar-refractivity contribution in [1.29, 1.82) is 0 Å². The molecule has 0 aliphatic heterocycles. The third-order valence-electron chi connectivity index (χ3n) is 3.80. The molecule has 2 amide bonds. The highest BCUT2D eigenvalue weighted by molar-refractivity contribution is 9.10. The van der Waals surface area contributed by atoms with Crippen molar-refractivity contribution in [3.8, 4) is 0 Å². The Morgan fingerprint density at radius 1 is 1.04 bits per heavy atom. The smallest absolute Gasteiger partial charge is 0.338 e. The molecule has 144 valence electrons. The summed E-state index contributed by atoms with van der Waals surface area (Å²) in [5.74, 6) is -0.392. The van der Waals surface area contributed by atoms with Crippen LogP contribution in [0.25, 0.3) is 0 Å². The molecule has 1 aromatic heterocycles. The van der Waals surface area contributed by atoms with E-state index in [0.717, 1.165) is 10.0 Å². The van der Waals surface area contributed by atoms with Crippen LogP contribution in [0.3, 0.4) is 0 Å². The van der Waals surface area contributed by atoms with E-state index in [1.165, 1.54) is 0 Å². The van der Waals surface area contributed by atoms with Gasteiger partial charge in [-0.3, -0.25) is 4.68 Å². The van der Waals surface area contributed by atoms with Crippen LogP contribution in [-0.4, -0.2) is 28.4 Å². The van der Waals surface area contributed by atoms with Crippen molar-refractivity contribution >= 4 is 39.3 Å². The number of urea groups is 1. The van der Waals surface area contributed by atoms with Gasteiger partial charge >= 0.3 is 12.0 Å². The summed E-state index contributed by atoms with van der Waals surface area (Å²) in [6.45, 7) is 2.67. The zero-order valence-corrected chi connectivity index (χ0v) is 16.8. The van der Waals surface area contributed by atoms with Gasteiger partial charge in [-0.1, -0.05) is 28.1 Å². The summed E-state index contributed by atoms with van der Waals surface area (Å²) in [4.78, 5) is 23.8. The summed E-state index contributed by atoms with van der Waals surface area (Å²) < 4.78 is 7.69. The van der Waals surface area contributed by atoms with Gasteiger partial charge in [-0.05, 0) is 48.9 Å². The first kappa shape index (κ1) is 19.6. The second kappa shape index (κ2) is 9.18. The van der Waals surface area contributed by atoms with Crippen molar-refractivity contribution in [2.24, 2.45) is 0 Å². The van der Waals surface area contributed by atoms with Crippen molar-refractivity contribution < 1.29 is 14.3 Å². The van der Waals surface area contributed by atoms with Crippen LogP contribution >= 0.6 is 15.9 Å². The van der Waals surface area contributed by atoms with Gasteiger partial charge in [0.2, 0.25) is 0 Å². The van der Waals surface area contributed by atoms with Gasteiger partial charge in [0.25, 0.3) is 0 Å². The Labute approximate surface area is 170 Å². The Morgan fingerprint density at radius 2 is 1.71 bits per heavy atom. The Hall–Kier alpha value is -3.13. The number of anilines is 2. The number of carbonyl (C=O) groups excluding carboxylic acids is 2. The molecule has 28 heavy (non-hydrogen) atoms. The van der Waals surface area contributed by atoms with Gasteiger partial charge in [-0.25, -0.2) is 9.59 Å². The molecule has 0 radical (unpaired) electrons. The maximum atomic E-state index is 12.2.